The molecule has 0 saturated carbocycles. The second-order valence-corrected chi connectivity index (χ2v) is 20.2. The van der Waals surface area contributed by atoms with Crippen molar-refractivity contribution in [2.45, 2.75) is 146 Å². The number of hydrogen-bond acceptors (Lipinski definition) is 13. The molecule has 5 aliphatic rings. The average molecular weight is 970 g/mol. The third-order valence-electron chi connectivity index (χ3n) is 15.4. The summed E-state index contributed by atoms with van der Waals surface area (Å²) in [6, 6.07) is 6.60. The molecule has 5 fully saturated rings. The van der Waals surface area contributed by atoms with Crippen LogP contribution >= 0.6 is 0 Å². The molecule has 5 saturated heterocycles. The SMILES string of the molecule is CCc1c(F)ccc2cc(O)cc(-c3ncc4c(N5CC6CCC(C5)N6)nc(OCC56CCCN5[C@@H](COC(=O)NCCCCCCCCCCC(=O)NCC(=O)N5CC[C@@H](O)C5)CC6)nc4c3F)c12. The summed E-state index contributed by atoms with van der Waals surface area (Å²) in [5.74, 6) is -0.892. The molecule has 2 bridgehead atoms. The lowest BCUT2D eigenvalue weighted by atomic mass is 9.94. The maximum atomic E-state index is 17.2. The Hall–Kier alpha value is -5.46. The summed E-state index contributed by atoms with van der Waals surface area (Å²) in [6.45, 7) is 6.05. The Morgan fingerprint density at radius 3 is 2.44 bits per heavy atom. The zero-order valence-corrected chi connectivity index (χ0v) is 40.5. The van der Waals surface area contributed by atoms with Gasteiger partial charge in [0.05, 0.1) is 23.6 Å². The highest BCUT2D eigenvalue weighted by molar-refractivity contribution is 6.02. The number of halogens is 2. The number of phenols is 1. The van der Waals surface area contributed by atoms with E-state index in [1.807, 2.05) is 6.92 Å². The lowest BCUT2D eigenvalue weighted by Gasteiger charge is -2.35. The number of aliphatic hydroxyl groups is 1. The highest BCUT2D eigenvalue weighted by Gasteiger charge is 2.50. The molecule has 2 aromatic heterocycles. The van der Waals surface area contributed by atoms with Crippen LogP contribution in [0, 0.1) is 11.6 Å². The second-order valence-electron chi connectivity index (χ2n) is 20.2. The molecular formula is C52H69F2N9O7. The fraction of sp³-hybridized carbons (Fsp3) is 0.615. The van der Waals surface area contributed by atoms with Gasteiger partial charge >= 0.3 is 12.1 Å². The largest absolute Gasteiger partial charge is 0.508 e. The quantitative estimate of drug-likeness (QED) is 0.0558. The maximum absolute atomic E-state index is 17.2. The molecule has 4 aromatic rings. The molecule has 0 spiro atoms. The summed E-state index contributed by atoms with van der Waals surface area (Å²) in [5.41, 5.74) is 0.394. The zero-order valence-electron chi connectivity index (χ0n) is 40.5. The highest BCUT2D eigenvalue weighted by Crippen LogP contribution is 2.44. The van der Waals surface area contributed by atoms with Gasteiger partial charge in [0.25, 0.3) is 0 Å². The number of unbranched alkanes of at least 4 members (excludes halogenated alkanes) is 7. The molecule has 7 heterocycles. The molecule has 16 nitrogen and oxygen atoms in total. The van der Waals surface area contributed by atoms with E-state index in [1.165, 1.54) is 12.1 Å². The van der Waals surface area contributed by atoms with E-state index in [0.717, 1.165) is 96.4 Å². The number of β-amino-alcohol motifs (C(OH)–C–C–N with tert-alkyl or cyclic N) is 1. The van der Waals surface area contributed by atoms with E-state index in [1.54, 1.807) is 23.2 Å². The number of ether oxygens (including phenoxy) is 2. The number of aromatic nitrogens is 3. The van der Waals surface area contributed by atoms with Crippen LogP contribution in [-0.4, -0.2) is 142 Å². The number of likely N-dealkylation sites (tertiary alicyclic amines) is 1. The minimum Gasteiger partial charge on any atom is -0.508 e. The zero-order chi connectivity index (χ0) is 48.8. The van der Waals surface area contributed by atoms with Crippen molar-refractivity contribution < 1.29 is 42.9 Å². The summed E-state index contributed by atoms with van der Waals surface area (Å²) in [7, 11) is 0. The predicted octanol–water partition coefficient (Wildman–Crippen LogP) is 6.65. The van der Waals surface area contributed by atoms with Crippen molar-refractivity contribution >= 4 is 45.4 Å². The third kappa shape index (κ3) is 11.2. The molecule has 3 unspecified atom stereocenters. The van der Waals surface area contributed by atoms with Crippen molar-refractivity contribution in [2.24, 2.45) is 0 Å². The summed E-state index contributed by atoms with van der Waals surface area (Å²) < 4.78 is 44.7. The second kappa shape index (κ2) is 22.3. The normalized spacial score (nSPS) is 23.1. The number of hydrogen-bond donors (Lipinski definition) is 5. The van der Waals surface area contributed by atoms with Crippen molar-refractivity contribution in [2.75, 3.05) is 63.9 Å². The minimum absolute atomic E-state index is 0.0130. The Balaban J connectivity index is 0.750. The average Bonchev–Trinajstić information content (AvgIpc) is 4.15. The number of benzene rings is 2. The van der Waals surface area contributed by atoms with Gasteiger partial charge in [0.1, 0.15) is 41.8 Å². The third-order valence-corrected chi connectivity index (χ3v) is 15.4. The molecule has 2 aromatic carbocycles. The van der Waals surface area contributed by atoms with Crippen LogP contribution in [0.1, 0.15) is 115 Å². The van der Waals surface area contributed by atoms with Crippen molar-refractivity contribution in [3.8, 4) is 23.0 Å². The Morgan fingerprint density at radius 1 is 0.914 bits per heavy atom. The number of anilines is 1. The number of nitrogens with one attached hydrogen (secondary N) is 3. The van der Waals surface area contributed by atoms with Crippen LogP contribution in [0.15, 0.2) is 30.5 Å². The van der Waals surface area contributed by atoms with Gasteiger partial charge < -0.3 is 45.4 Å². The summed E-state index contributed by atoms with van der Waals surface area (Å²) in [4.78, 5) is 57.5. The first-order chi connectivity index (χ1) is 34.0. The van der Waals surface area contributed by atoms with Gasteiger partial charge in [0, 0.05) is 69.0 Å². The smallest absolute Gasteiger partial charge is 0.407 e. The molecule has 5 aliphatic heterocycles. The van der Waals surface area contributed by atoms with E-state index in [4.69, 9.17) is 19.4 Å². The Kier molecular flexibility index (Phi) is 15.8. The molecule has 3 amide bonds. The molecule has 9 rings (SSSR count). The number of piperazine rings is 1. The van der Waals surface area contributed by atoms with Crippen LogP contribution in [0.3, 0.4) is 0 Å². The van der Waals surface area contributed by atoms with Crippen LogP contribution in [0.4, 0.5) is 19.4 Å². The molecule has 0 aliphatic carbocycles. The molecule has 70 heavy (non-hydrogen) atoms. The standard InChI is InChI=1S/C52H69F2N9O7/c1-2-39-42(53)16-13-33-24-38(65)25-40(45(33)39)47-46(54)48-41(26-57-47)49(62-28-34-14-15-35(29-62)58-34)60-50(59-48)70-32-52-19-11-22-63(52)36(17-20-52)31-69-51(68)55-21-10-8-6-4-3-5-7-9-12-43(66)56-27-44(67)61-23-18-37(64)30-61/h13,16,24-26,34-37,58,64-65H,2-12,14-15,17-23,27-32H2,1H3,(H,55,68)(H,56,66)/t34?,35?,36-,37-,52?/m1/s1. The van der Waals surface area contributed by atoms with Crippen LogP contribution < -0.4 is 25.6 Å². The Labute approximate surface area is 408 Å². The number of alkyl carbamates (subject to hydrolysis) is 1. The number of aromatic hydroxyl groups is 1. The number of aryl methyl sites for hydroxylation is 1. The van der Waals surface area contributed by atoms with E-state index in [0.29, 0.717) is 79.5 Å². The Morgan fingerprint density at radius 2 is 1.69 bits per heavy atom. The van der Waals surface area contributed by atoms with Crippen molar-refractivity contribution in [1.82, 2.24) is 40.7 Å². The monoisotopic (exact) mass is 970 g/mol. The van der Waals surface area contributed by atoms with E-state index >= 15 is 8.78 Å². The number of amides is 3. The fourth-order valence-corrected chi connectivity index (χ4v) is 11.7. The van der Waals surface area contributed by atoms with Gasteiger partial charge in [-0.2, -0.15) is 9.97 Å². The van der Waals surface area contributed by atoms with Crippen LogP contribution in [0.25, 0.3) is 32.9 Å². The van der Waals surface area contributed by atoms with E-state index in [9.17, 15) is 24.6 Å². The molecule has 378 valence electrons. The van der Waals surface area contributed by atoms with Gasteiger partial charge in [-0.3, -0.25) is 19.5 Å². The number of aliphatic hydroxyl groups excluding tert-OH is 1. The fourth-order valence-electron chi connectivity index (χ4n) is 11.7. The van der Waals surface area contributed by atoms with Gasteiger partial charge in [0.15, 0.2) is 5.82 Å². The lowest BCUT2D eigenvalue weighted by Crippen LogP contribution is -2.51. The van der Waals surface area contributed by atoms with Crippen molar-refractivity contribution in [3.63, 3.8) is 0 Å². The molecule has 18 heteroatoms. The first-order valence-corrected chi connectivity index (χ1v) is 25.8. The van der Waals surface area contributed by atoms with Crippen molar-refractivity contribution in [3.05, 3.63) is 47.7 Å². The minimum atomic E-state index is -0.698. The summed E-state index contributed by atoms with van der Waals surface area (Å²) in [6.07, 6.45) is 15.6. The molecule has 5 N–H and O–H groups in total. The van der Waals surface area contributed by atoms with Crippen LogP contribution in [0.2, 0.25) is 0 Å². The molecular weight excluding hydrogens is 901 g/mol. The lowest BCUT2D eigenvalue weighted by molar-refractivity contribution is -0.132. The van der Waals surface area contributed by atoms with Gasteiger partial charge in [0.2, 0.25) is 11.8 Å². The predicted molar refractivity (Wildman–Crippen MR) is 262 cm³/mol. The topological polar surface area (TPSA) is 195 Å². The Bertz CT molecular complexity index is 2520. The number of nitrogens with zero attached hydrogens (tertiary/aromatic N) is 6. The van der Waals surface area contributed by atoms with Gasteiger partial charge in [-0.1, -0.05) is 51.5 Å². The number of phenolic OH excluding ortho intramolecular Hbond substituents is 1. The number of rotatable bonds is 21. The highest BCUT2D eigenvalue weighted by atomic mass is 19.1. The van der Waals surface area contributed by atoms with E-state index in [2.05, 4.69) is 30.7 Å². The van der Waals surface area contributed by atoms with Crippen molar-refractivity contribution in [1.29, 1.82) is 0 Å². The first kappa shape index (κ1) is 49.5. The van der Waals surface area contributed by atoms with E-state index < -0.39 is 23.8 Å². The van der Waals surface area contributed by atoms with Crippen LogP contribution in [0.5, 0.6) is 11.8 Å². The van der Waals surface area contributed by atoms with Gasteiger partial charge in [-0.15, -0.1) is 0 Å². The summed E-state index contributed by atoms with van der Waals surface area (Å²) in [5, 5.41) is 31.1. The maximum Gasteiger partial charge on any atom is 0.407 e. The summed E-state index contributed by atoms with van der Waals surface area (Å²) >= 11 is 0. The van der Waals surface area contributed by atoms with Gasteiger partial charge in [-0.25, -0.2) is 13.6 Å². The number of carbonyl (C=O) groups excluding carboxylic acids is 3. The number of pyridine rings is 1. The van der Waals surface area contributed by atoms with E-state index in [-0.39, 0.29) is 83.8 Å². The molecule has 0 radical (unpaired) electrons. The first-order valence-electron chi connectivity index (χ1n) is 25.8. The van der Waals surface area contributed by atoms with Crippen LogP contribution in [-0.2, 0) is 20.7 Å². The van der Waals surface area contributed by atoms with Gasteiger partial charge in [-0.05, 0) is 105 Å². The molecule has 5 atom stereocenters. The number of carbonyl (C=O) groups is 3. The number of fused-ring (bicyclic) bond motifs is 5.